The summed E-state index contributed by atoms with van der Waals surface area (Å²) in [5.41, 5.74) is 0. The van der Waals surface area contributed by atoms with Gasteiger partial charge in [-0.2, -0.15) is 0 Å². The van der Waals surface area contributed by atoms with Crippen LogP contribution in [0.15, 0.2) is 12.2 Å². The molecule has 0 spiro atoms. The Labute approximate surface area is 72.6 Å². The Kier molecular flexibility index (Phi) is 3.29. The van der Waals surface area contributed by atoms with Crippen LogP contribution in [0, 0.1) is 0 Å². The van der Waals surface area contributed by atoms with E-state index in [9.17, 15) is 10.0 Å². The summed E-state index contributed by atoms with van der Waals surface area (Å²) in [7, 11) is 0. The van der Waals surface area contributed by atoms with E-state index in [4.69, 9.17) is 0 Å². The number of carbonyl (C=O) groups is 1. The van der Waals surface area contributed by atoms with Gasteiger partial charge in [-0.1, -0.05) is 19.1 Å². The Morgan fingerprint density at radius 1 is 1.75 bits per heavy atom. The van der Waals surface area contributed by atoms with Crippen molar-refractivity contribution in [1.29, 1.82) is 0 Å². The molecular formula is C9H15NO2. The fraction of sp³-hybridized carbons (Fsp3) is 0.667. The average Bonchev–Trinajstić information content (AvgIpc) is 2.17. The summed E-state index contributed by atoms with van der Waals surface area (Å²) in [6.45, 7) is 1.75. The van der Waals surface area contributed by atoms with Crippen molar-refractivity contribution in [3.05, 3.63) is 12.2 Å². The molecule has 68 valence electrons. The molecule has 1 aliphatic rings. The van der Waals surface area contributed by atoms with Gasteiger partial charge in [-0.15, -0.1) is 0 Å². The summed E-state index contributed by atoms with van der Waals surface area (Å²) in [6.07, 6.45) is 7.26. The van der Waals surface area contributed by atoms with Gasteiger partial charge in [0.05, 0.1) is 6.04 Å². The third kappa shape index (κ3) is 2.08. The fourth-order valence-electron chi connectivity index (χ4n) is 1.35. The van der Waals surface area contributed by atoms with Crippen molar-refractivity contribution in [2.45, 2.75) is 38.6 Å². The number of hydroxylamine groups is 2. The third-order valence-corrected chi connectivity index (χ3v) is 2.10. The first-order chi connectivity index (χ1) is 5.75. The molecule has 0 saturated heterocycles. The van der Waals surface area contributed by atoms with Crippen molar-refractivity contribution in [2.75, 3.05) is 0 Å². The topological polar surface area (TPSA) is 40.5 Å². The summed E-state index contributed by atoms with van der Waals surface area (Å²) in [5, 5.41) is 10.2. The second kappa shape index (κ2) is 4.26. The number of rotatable bonds is 2. The van der Waals surface area contributed by atoms with Crippen molar-refractivity contribution >= 4 is 5.91 Å². The van der Waals surface area contributed by atoms with Gasteiger partial charge >= 0.3 is 0 Å². The molecule has 12 heavy (non-hydrogen) atoms. The maximum Gasteiger partial charge on any atom is 0.246 e. The Balaban J connectivity index is 2.50. The summed E-state index contributed by atoms with van der Waals surface area (Å²) in [5.74, 6) is -0.202. The molecule has 0 fully saturated rings. The van der Waals surface area contributed by atoms with E-state index in [0.717, 1.165) is 24.3 Å². The Morgan fingerprint density at radius 3 is 3.00 bits per heavy atom. The molecule has 0 aromatic carbocycles. The lowest BCUT2D eigenvalue weighted by Gasteiger charge is -2.24. The van der Waals surface area contributed by atoms with Gasteiger partial charge in [0.1, 0.15) is 0 Å². The van der Waals surface area contributed by atoms with Crippen LogP contribution in [0.25, 0.3) is 0 Å². The minimum atomic E-state index is -0.202. The van der Waals surface area contributed by atoms with Gasteiger partial charge in [0.15, 0.2) is 0 Å². The summed E-state index contributed by atoms with van der Waals surface area (Å²) in [4.78, 5) is 11.1. The van der Waals surface area contributed by atoms with Crippen molar-refractivity contribution in [2.24, 2.45) is 0 Å². The molecule has 1 aliphatic carbocycles. The first-order valence-corrected chi connectivity index (χ1v) is 4.43. The molecule has 1 rings (SSSR count). The lowest BCUT2D eigenvalue weighted by molar-refractivity contribution is -0.172. The predicted octanol–water partition coefficient (Wildman–Crippen LogP) is 1.72. The predicted molar refractivity (Wildman–Crippen MR) is 45.7 cm³/mol. The van der Waals surface area contributed by atoms with Crippen LogP contribution in [0.1, 0.15) is 32.6 Å². The molecule has 3 nitrogen and oxygen atoms in total. The van der Waals surface area contributed by atoms with Crippen molar-refractivity contribution in [3.8, 4) is 0 Å². The third-order valence-electron chi connectivity index (χ3n) is 2.10. The highest BCUT2D eigenvalue weighted by Crippen LogP contribution is 2.15. The van der Waals surface area contributed by atoms with E-state index in [-0.39, 0.29) is 11.9 Å². The Morgan fingerprint density at radius 2 is 2.50 bits per heavy atom. The maximum absolute atomic E-state index is 11.1. The molecular weight excluding hydrogens is 154 g/mol. The van der Waals surface area contributed by atoms with E-state index in [2.05, 4.69) is 0 Å². The zero-order chi connectivity index (χ0) is 8.97. The maximum atomic E-state index is 11.1. The molecule has 1 unspecified atom stereocenters. The summed E-state index contributed by atoms with van der Waals surface area (Å²) >= 11 is 0. The first kappa shape index (κ1) is 9.26. The number of carbonyl (C=O) groups excluding carboxylic acids is 1. The van der Waals surface area contributed by atoms with Crippen molar-refractivity contribution in [3.63, 3.8) is 0 Å². The highest BCUT2D eigenvalue weighted by Gasteiger charge is 2.19. The Hall–Kier alpha value is -0.830. The van der Waals surface area contributed by atoms with E-state index < -0.39 is 0 Å². The number of nitrogens with zero attached hydrogens (tertiary/aromatic N) is 1. The van der Waals surface area contributed by atoms with Crippen molar-refractivity contribution < 1.29 is 10.0 Å². The van der Waals surface area contributed by atoms with Gasteiger partial charge < -0.3 is 0 Å². The van der Waals surface area contributed by atoms with Crippen LogP contribution in [0.5, 0.6) is 0 Å². The molecule has 1 N–H and O–H groups in total. The monoisotopic (exact) mass is 169 g/mol. The normalized spacial score (nSPS) is 22.3. The minimum absolute atomic E-state index is 0.0915. The molecule has 0 heterocycles. The van der Waals surface area contributed by atoms with Gasteiger partial charge in [-0.25, -0.2) is 5.06 Å². The lowest BCUT2D eigenvalue weighted by atomic mass is 10.0. The van der Waals surface area contributed by atoms with Gasteiger partial charge in [0.25, 0.3) is 0 Å². The average molecular weight is 169 g/mol. The lowest BCUT2D eigenvalue weighted by Crippen LogP contribution is -2.36. The molecule has 0 aromatic heterocycles. The van der Waals surface area contributed by atoms with E-state index in [1.807, 2.05) is 12.2 Å². The van der Waals surface area contributed by atoms with Crippen LogP contribution in [0.3, 0.4) is 0 Å². The van der Waals surface area contributed by atoms with Crippen LogP contribution in [-0.2, 0) is 4.79 Å². The van der Waals surface area contributed by atoms with Gasteiger partial charge in [0, 0.05) is 6.42 Å². The Bertz CT molecular complexity index is 189. The molecule has 1 atom stereocenters. The SMILES string of the molecule is CCC(=O)N(O)C1C=CCCC1. The number of amides is 1. The number of hydrogen-bond donors (Lipinski definition) is 1. The van der Waals surface area contributed by atoms with Crippen LogP contribution in [0.2, 0.25) is 0 Å². The van der Waals surface area contributed by atoms with Gasteiger partial charge in [-0.05, 0) is 19.3 Å². The second-order valence-electron chi connectivity index (χ2n) is 3.02. The van der Waals surface area contributed by atoms with Crippen LogP contribution in [-0.4, -0.2) is 22.2 Å². The summed E-state index contributed by atoms with van der Waals surface area (Å²) in [6, 6.07) is -0.0915. The molecule has 3 heteroatoms. The minimum Gasteiger partial charge on any atom is -0.285 e. The highest BCUT2D eigenvalue weighted by molar-refractivity contribution is 5.75. The van der Waals surface area contributed by atoms with E-state index in [0.29, 0.717) is 6.42 Å². The second-order valence-corrected chi connectivity index (χ2v) is 3.02. The van der Waals surface area contributed by atoms with Crippen LogP contribution >= 0.6 is 0 Å². The van der Waals surface area contributed by atoms with Crippen LogP contribution < -0.4 is 0 Å². The highest BCUT2D eigenvalue weighted by atomic mass is 16.5. The first-order valence-electron chi connectivity index (χ1n) is 4.43. The quantitative estimate of drug-likeness (QED) is 0.388. The standard InChI is InChI=1S/C9H15NO2/c1-2-9(11)10(12)8-6-4-3-5-7-8/h4,6,8,12H,2-3,5,7H2,1H3. The van der Waals surface area contributed by atoms with Gasteiger partial charge in [-0.3, -0.25) is 10.0 Å². The van der Waals surface area contributed by atoms with Crippen molar-refractivity contribution in [1.82, 2.24) is 5.06 Å². The zero-order valence-electron chi connectivity index (χ0n) is 7.36. The number of allylic oxidation sites excluding steroid dienone is 1. The zero-order valence-corrected chi connectivity index (χ0v) is 7.36. The van der Waals surface area contributed by atoms with E-state index in [1.165, 1.54) is 0 Å². The van der Waals surface area contributed by atoms with E-state index >= 15 is 0 Å². The number of hydrogen-bond acceptors (Lipinski definition) is 2. The van der Waals surface area contributed by atoms with Gasteiger partial charge in [0.2, 0.25) is 5.91 Å². The summed E-state index contributed by atoms with van der Waals surface area (Å²) < 4.78 is 0. The molecule has 1 amide bonds. The molecule has 0 aliphatic heterocycles. The van der Waals surface area contributed by atoms with Crippen LogP contribution in [0.4, 0.5) is 0 Å². The largest absolute Gasteiger partial charge is 0.285 e. The molecule has 0 saturated carbocycles. The van der Waals surface area contributed by atoms with E-state index in [1.54, 1.807) is 6.92 Å². The molecule has 0 bridgehead atoms. The molecule has 0 radical (unpaired) electrons. The smallest absolute Gasteiger partial charge is 0.246 e. The molecule has 0 aromatic rings. The fourth-order valence-corrected chi connectivity index (χ4v) is 1.35.